The van der Waals surface area contributed by atoms with E-state index in [1.807, 2.05) is 18.2 Å². The molecule has 53 heavy (non-hydrogen) atoms. The lowest BCUT2D eigenvalue weighted by atomic mass is 9.82. The predicted molar refractivity (Wildman–Crippen MR) is 210 cm³/mol. The molecule has 2 aromatic carbocycles. The number of carbonyl (C=O) groups is 2. The molecular weight excluding hydrogens is 661 g/mol. The zero-order valence-electron chi connectivity index (χ0n) is 30.9. The zero-order valence-corrected chi connectivity index (χ0v) is 30.9. The minimum absolute atomic E-state index is 0.260. The number of ether oxygens (including phenoxy) is 1. The number of carboxylic acid groups (broad SMARTS) is 1. The van der Waals surface area contributed by atoms with Gasteiger partial charge in [0.1, 0.15) is 0 Å². The first-order chi connectivity index (χ1) is 26.0. The summed E-state index contributed by atoms with van der Waals surface area (Å²) in [5.74, 6) is 0.0879. The highest BCUT2D eigenvalue weighted by atomic mass is 16.5. The lowest BCUT2D eigenvalue weighted by molar-refractivity contribution is 0.0600. The summed E-state index contributed by atoms with van der Waals surface area (Å²) in [6.07, 6.45) is 19.5. The van der Waals surface area contributed by atoms with E-state index in [1.165, 1.54) is 122 Å². The van der Waals surface area contributed by atoms with Gasteiger partial charge in [-0.3, -0.25) is 0 Å². The second-order valence-electron chi connectivity index (χ2n) is 15.6. The summed E-state index contributed by atoms with van der Waals surface area (Å²) in [5, 5.41) is 12.0. The first-order valence-electron chi connectivity index (χ1n) is 20.0. The topological polar surface area (TPSA) is 83.3 Å². The largest absolute Gasteiger partial charge is 0.478 e. The Kier molecular flexibility index (Phi) is 9.00. The van der Waals surface area contributed by atoms with Crippen LogP contribution < -0.4 is 0 Å². The van der Waals surface area contributed by atoms with E-state index in [4.69, 9.17) is 4.74 Å². The van der Waals surface area contributed by atoms with Gasteiger partial charge in [-0.1, -0.05) is 50.7 Å². The summed E-state index contributed by atoms with van der Waals surface area (Å²) in [5.41, 5.74) is 11.6. The van der Waals surface area contributed by atoms with Crippen LogP contribution in [0.25, 0.3) is 44.6 Å². The number of carboxylic acids is 1. The Morgan fingerprint density at radius 3 is 1.55 bits per heavy atom. The lowest BCUT2D eigenvalue weighted by Gasteiger charge is -2.23. The Bertz CT molecular complexity index is 2320. The number of fused-ring (bicyclic) bond motifs is 10. The van der Waals surface area contributed by atoms with Crippen molar-refractivity contribution in [1.82, 2.24) is 18.3 Å². The van der Waals surface area contributed by atoms with Gasteiger partial charge in [0.15, 0.2) is 0 Å². The van der Waals surface area contributed by atoms with Crippen LogP contribution in [0.2, 0.25) is 0 Å². The molecule has 0 spiro atoms. The second-order valence-corrected chi connectivity index (χ2v) is 15.6. The Labute approximate surface area is 311 Å². The molecule has 4 aromatic heterocycles. The third-order valence-electron chi connectivity index (χ3n) is 12.6. The van der Waals surface area contributed by atoms with Crippen molar-refractivity contribution in [2.45, 2.75) is 115 Å². The highest BCUT2D eigenvalue weighted by Gasteiger charge is 2.31. The summed E-state index contributed by atoms with van der Waals surface area (Å²) < 4.78 is 14.6. The van der Waals surface area contributed by atoms with Crippen molar-refractivity contribution >= 4 is 33.7 Å². The normalized spacial score (nSPS) is 17.5. The van der Waals surface area contributed by atoms with Gasteiger partial charge < -0.3 is 28.1 Å². The molecule has 10 rings (SSSR count). The van der Waals surface area contributed by atoms with Crippen LogP contribution in [-0.4, -0.2) is 42.4 Å². The molecule has 1 N–H and O–H groups in total. The molecule has 2 saturated carbocycles. The van der Waals surface area contributed by atoms with E-state index in [0.29, 0.717) is 23.0 Å². The number of carbonyl (C=O) groups excluding carboxylic acids is 1. The van der Waals surface area contributed by atoms with Gasteiger partial charge in [-0.15, -0.1) is 0 Å². The molecule has 274 valence electrons. The second kappa shape index (κ2) is 14.1. The molecule has 0 saturated heterocycles. The predicted octanol–water partition coefficient (Wildman–Crippen LogP) is 10.6. The molecule has 6 heterocycles. The number of hydrogen-bond donors (Lipinski definition) is 1. The van der Waals surface area contributed by atoms with E-state index >= 15 is 0 Å². The summed E-state index contributed by atoms with van der Waals surface area (Å²) in [7, 11) is 1.45. The van der Waals surface area contributed by atoms with Crippen LogP contribution in [0.4, 0.5) is 0 Å². The molecule has 0 atom stereocenters. The lowest BCUT2D eigenvalue weighted by Crippen LogP contribution is -2.07. The number of aryl methyl sites for hydroxylation is 4. The van der Waals surface area contributed by atoms with Crippen molar-refractivity contribution in [2.75, 3.05) is 7.11 Å². The van der Waals surface area contributed by atoms with E-state index in [-0.39, 0.29) is 5.97 Å². The highest BCUT2D eigenvalue weighted by Crippen LogP contribution is 2.47. The summed E-state index contributed by atoms with van der Waals surface area (Å²) in [4.78, 5) is 23.7. The van der Waals surface area contributed by atoms with Gasteiger partial charge in [0, 0.05) is 60.4 Å². The first-order valence-corrected chi connectivity index (χ1v) is 20.0. The van der Waals surface area contributed by atoms with Crippen LogP contribution in [-0.2, 0) is 30.9 Å². The third-order valence-corrected chi connectivity index (χ3v) is 12.6. The number of hydrogen-bond acceptors (Lipinski definition) is 3. The van der Waals surface area contributed by atoms with Gasteiger partial charge >= 0.3 is 11.9 Å². The molecule has 8 heteroatoms. The Balaban J connectivity index is 0.000000141. The maximum atomic E-state index is 12.1. The maximum Gasteiger partial charge on any atom is 0.337 e. The molecule has 0 bridgehead atoms. The van der Waals surface area contributed by atoms with Crippen LogP contribution in [0.3, 0.4) is 0 Å². The third kappa shape index (κ3) is 5.91. The summed E-state index contributed by atoms with van der Waals surface area (Å²) >= 11 is 0. The van der Waals surface area contributed by atoms with E-state index in [9.17, 15) is 14.7 Å². The van der Waals surface area contributed by atoms with Gasteiger partial charge in [0.2, 0.25) is 0 Å². The van der Waals surface area contributed by atoms with E-state index in [1.54, 1.807) is 6.07 Å². The van der Waals surface area contributed by atoms with Crippen molar-refractivity contribution in [3.8, 4) is 22.8 Å². The molecular formula is C45H50N4O4. The first kappa shape index (κ1) is 33.8. The van der Waals surface area contributed by atoms with Gasteiger partial charge in [-0.2, -0.15) is 0 Å². The average Bonchev–Trinajstić information content (AvgIpc) is 3.95. The Morgan fingerprint density at radius 1 is 0.604 bits per heavy atom. The van der Waals surface area contributed by atoms with Gasteiger partial charge in [-0.25, -0.2) is 9.59 Å². The van der Waals surface area contributed by atoms with Gasteiger partial charge in [0.25, 0.3) is 0 Å². The SMILES string of the molecule is COC(=O)c1ccc2c(C3CCCCC3)c3n(c2c1)CCCn1cccc1-3.O=C(O)c1ccc2c(C3CCCCC3)c3n(c2c1)CCCn1cccc1-3. The minimum Gasteiger partial charge on any atom is -0.478 e. The molecule has 2 aliphatic carbocycles. The number of nitrogens with zero attached hydrogens (tertiary/aromatic N) is 4. The molecule has 6 aromatic rings. The number of aromatic nitrogens is 4. The Hall–Kier alpha value is -4.98. The summed E-state index contributed by atoms with van der Waals surface area (Å²) in [6.45, 7) is 4.01. The van der Waals surface area contributed by atoms with Crippen molar-refractivity contribution in [3.05, 3.63) is 95.3 Å². The fourth-order valence-electron chi connectivity index (χ4n) is 10.2. The Morgan fingerprint density at radius 2 is 1.08 bits per heavy atom. The monoisotopic (exact) mass is 710 g/mol. The number of rotatable bonds is 4. The van der Waals surface area contributed by atoms with Crippen LogP contribution >= 0.6 is 0 Å². The van der Waals surface area contributed by atoms with E-state index < -0.39 is 5.97 Å². The molecule has 0 amide bonds. The van der Waals surface area contributed by atoms with Crippen molar-refractivity contribution < 1.29 is 19.4 Å². The standard InChI is InChI=1S/C23H26N2O2.C22H24N2O2/c1-27-23(26)17-10-11-18-20(15-17)25-14-6-13-24-12-5-9-19(24)22(25)21(18)16-7-3-2-4-8-16;25-22(26)16-9-10-17-19(14-16)24-13-5-12-23-11-4-8-18(23)21(24)20(17)15-6-2-1-3-7-15/h5,9-12,15-16H,2-4,6-8,13-14H2,1H3;4,8-11,14-15H,1-3,5-7,12-13H2,(H,25,26). The van der Waals surface area contributed by atoms with Gasteiger partial charge in [-0.05, 0) is 110 Å². The number of benzene rings is 2. The van der Waals surface area contributed by atoms with Crippen LogP contribution in [0, 0.1) is 0 Å². The molecule has 4 aliphatic rings. The fourth-order valence-corrected chi connectivity index (χ4v) is 10.2. The van der Waals surface area contributed by atoms with E-state index in [0.717, 1.165) is 44.5 Å². The van der Waals surface area contributed by atoms with E-state index in [2.05, 4.69) is 67.1 Å². The van der Waals surface area contributed by atoms with Crippen molar-refractivity contribution in [3.63, 3.8) is 0 Å². The molecule has 2 fully saturated rings. The number of esters is 1. The quantitative estimate of drug-likeness (QED) is 0.185. The minimum atomic E-state index is -0.848. The summed E-state index contributed by atoms with van der Waals surface area (Å²) in [6, 6.07) is 20.6. The molecule has 8 nitrogen and oxygen atoms in total. The molecule has 2 aliphatic heterocycles. The number of aromatic carboxylic acids is 1. The van der Waals surface area contributed by atoms with Crippen LogP contribution in [0.5, 0.6) is 0 Å². The van der Waals surface area contributed by atoms with Crippen LogP contribution in [0.1, 0.15) is 121 Å². The van der Waals surface area contributed by atoms with Gasteiger partial charge in [0.05, 0.1) is 41.0 Å². The average molecular weight is 711 g/mol. The molecule has 0 unspecified atom stereocenters. The molecule has 0 radical (unpaired) electrons. The van der Waals surface area contributed by atoms with Crippen molar-refractivity contribution in [2.24, 2.45) is 0 Å². The fraction of sp³-hybridized carbons (Fsp3) is 0.422. The van der Waals surface area contributed by atoms with Crippen LogP contribution in [0.15, 0.2) is 73.1 Å². The smallest absolute Gasteiger partial charge is 0.337 e. The maximum absolute atomic E-state index is 12.1. The number of methoxy groups -OCH3 is 1. The van der Waals surface area contributed by atoms with Crippen molar-refractivity contribution in [1.29, 1.82) is 0 Å². The highest BCUT2D eigenvalue weighted by molar-refractivity contribution is 5.99. The zero-order chi connectivity index (χ0) is 36.1.